The van der Waals surface area contributed by atoms with Gasteiger partial charge in [0.05, 0.1) is 16.1 Å². The Kier molecular flexibility index (Phi) is 6.01. The molecule has 2 N–H and O–H groups in total. The van der Waals surface area contributed by atoms with Crippen LogP contribution >= 0.6 is 23.2 Å². The topological polar surface area (TPSA) is 63.4 Å². The summed E-state index contributed by atoms with van der Waals surface area (Å²) in [6.45, 7) is 1.88. The molecular weight excluding hydrogens is 347 g/mol. The average Bonchev–Trinajstić information content (AvgIpc) is 2.57. The molecule has 0 aliphatic carbocycles. The van der Waals surface area contributed by atoms with Crippen LogP contribution in [0.3, 0.4) is 0 Å². The summed E-state index contributed by atoms with van der Waals surface area (Å²) in [6, 6.07) is 14.2. The van der Waals surface area contributed by atoms with Crippen molar-refractivity contribution in [3.05, 3.63) is 76.3 Å². The maximum absolute atomic E-state index is 12.6. The first-order valence-corrected chi connectivity index (χ1v) is 7.96. The van der Waals surface area contributed by atoms with E-state index in [0.29, 0.717) is 15.7 Å². The largest absolute Gasteiger partial charge is 0.366 e. The van der Waals surface area contributed by atoms with Gasteiger partial charge in [0.25, 0.3) is 5.91 Å². The first-order chi connectivity index (χ1) is 11.4. The van der Waals surface area contributed by atoms with E-state index in [1.54, 1.807) is 18.2 Å². The Morgan fingerprint density at radius 2 is 1.71 bits per heavy atom. The van der Waals surface area contributed by atoms with E-state index < -0.39 is 5.91 Å². The minimum atomic E-state index is -0.690. The molecule has 2 rings (SSSR count). The van der Waals surface area contributed by atoms with E-state index in [1.807, 2.05) is 37.3 Å². The maximum Gasteiger partial charge on any atom is 0.251 e. The van der Waals surface area contributed by atoms with Crippen LogP contribution in [0.5, 0.6) is 0 Å². The van der Waals surface area contributed by atoms with Crippen LogP contribution < -0.4 is 10.6 Å². The second-order valence-electron chi connectivity index (χ2n) is 5.13. The summed E-state index contributed by atoms with van der Waals surface area (Å²) in [6.07, 6.45) is 2.18. The van der Waals surface area contributed by atoms with Crippen molar-refractivity contribution in [1.29, 1.82) is 0 Å². The summed E-state index contributed by atoms with van der Waals surface area (Å²) in [7, 11) is 0. The lowest BCUT2D eigenvalue weighted by atomic mass is 10.1. The standard InChI is InChI=1S/C18H16Cl2N2O2/c1-12(13-5-3-2-4-6-13)22(18(24)10-9-17(21)23)14-7-8-15(19)16(20)11-14/h2-12H,1H3,(H2,21,23)/b10-9-/t12-/m0/s1. The fraction of sp³-hybridized carbons (Fsp3) is 0.111. The molecule has 4 nitrogen and oxygen atoms in total. The molecule has 2 amide bonds. The lowest BCUT2D eigenvalue weighted by Gasteiger charge is -2.29. The number of rotatable bonds is 5. The number of carbonyl (C=O) groups excluding carboxylic acids is 2. The van der Waals surface area contributed by atoms with E-state index in [4.69, 9.17) is 28.9 Å². The van der Waals surface area contributed by atoms with Crippen molar-refractivity contribution in [3.63, 3.8) is 0 Å². The Morgan fingerprint density at radius 1 is 1.04 bits per heavy atom. The number of hydrogen-bond acceptors (Lipinski definition) is 2. The van der Waals surface area contributed by atoms with Gasteiger partial charge < -0.3 is 10.6 Å². The number of nitrogens with zero attached hydrogens (tertiary/aromatic N) is 1. The predicted molar refractivity (Wildman–Crippen MR) is 97.1 cm³/mol. The molecule has 0 radical (unpaired) electrons. The fourth-order valence-corrected chi connectivity index (χ4v) is 2.58. The molecule has 0 bridgehead atoms. The van der Waals surface area contributed by atoms with E-state index in [0.717, 1.165) is 17.7 Å². The van der Waals surface area contributed by atoms with Crippen molar-refractivity contribution < 1.29 is 9.59 Å². The molecule has 0 spiro atoms. The molecule has 0 saturated heterocycles. The third-order valence-electron chi connectivity index (χ3n) is 3.48. The lowest BCUT2D eigenvalue weighted by Crippen LogP contribution is -2.32. The summed E-state index contributed by atoms with van der Waals surface area (Å²) in [5, 5.41) is 0.735. The molecule has 0 unspecified atom stereocenters. The van der Waals surface area contributed by atoms with Crippen LogP contribution in [-0.4, -0.2) is 11.8 Å². The molecule has 0 saturated carbocycles. The SMILES string of the molecule is C[C@@H](c1ccccc1)N(C(=O)/C=C\C(N)=O)c1ccc(Cl)c(Cl)c1. The Bertz CT molecular complexity index is 776. The average molecular weight is 363 g/mol. The second kappa shape index (κ2) is 7.99. The van der Waals surface area contributed by atoms with E-state index in [9.17, 15) is 9.59 Å². The van der Waals surface area contributed by atoms with Crippen molar-refractivity contribution in [2.45, 2.75) is 13.0 Å². The maximum atomic E-state index is 12.6. The van der Waals surface area contributed by atoms with Gasteiger partial charge in [0, 0.05) is 17.8 Å². The number of carbonyl (C=O) groups is 2. The minimum Gasteiger partial charge on any atom is -0.366 e. The number of nitrogens with two attached hydrogens (primary N) is 1. The summed E-state index contributed by atoms with van der Waals surface area (Å²) in [4.78, 5) is 25.1. The molecular formula is C18H16Cl2N2O2. The third kappa shape index (κ3) is 4.37. The first-order valence-electron chi connectivity index (χ1n) is 7.21. The lowest BCUT2D eigenvalue weighted by molar-refractivity contribution is -0.116. The van der Waals surface area contributed by atoms with Crippen molar-refractivity contribution in [3.8, 4) is 0 Å². The quantitative estimate of drug-likeness (QED) is 0.812. The predicted octanol–water partition coefficient (Wildman–Crippen LogP) is 4.13. The van der Waals surface area contributed by atoms with Gasteiger partial charge in [0.2, 0.25) is 5.91 Å². The van der Waals surface area contributed by atoms with Gasteiger partial charge in [0.1, 0.15) is 0 Å². The highest BCUT2D eigenvalue weighted by Crippen LogP contribution is 2.32. The zero-order chi connectivity index (χ0) is 17.7. The van der Waals surface area contributed by atoms with E-state index >= 15 is 0 Å². The van der Waals surface area contributed by atoms with Gasteiger partial charge in [-0.25, -0.2) is 0 Å². The van der Waals surface area contributed by atoms with Crippen LogP contribution in [0.25, 0.3) is 0 Å². The molecule has 0 heterocycles. The number of anilines is 1. The first kappa shape index (κ1) is 18.0. The van der Waals surface area contributed by atoms with Crippen LogP contribution in [0, 0.1) is 0 Å². The normalized spacial score (nSPS) is 12.1. The van der Waals surface area contributed by atoms with Crippen LogP contribution in [0.1, 0.15) is 18.5 Å². The molecule has 24 heavy (non-hydrogen) atoms. The summed E-state index contributed by atoms with van der Waals surface area (Å²) >= 11 is 12.0. The monoisotopic (exact) mass is 362 g/mol. The molecule has 6 heteroatoms. The third-order valence-corrected chi connectivity index (χ3v) is 4.22. The fourth-order valence-electron chi connectivity index (χ4n) is 2.29. The van der Waals surface area contributed by atoms with Crippen LogP contribution in [-0.2, 0) is 9.59 Å². The second-order valence-corrected chi connectivity index (χ2v) is 5.94. The van der Waals surface area contributed by atoms with Crippen LogP contribution in [0.2, 0.25) is 10.0 Å². The van der Waals surface area contributed by atoms with Crippen LogP contribution in [0.4, 0.5) is 5.69 Å². The molecule has 124 valence electrons. The molecule has 0 fully saturated rings. The zero-order valence-corrected chi connectivity index (χ0v) is 14.5. The van der Waals surface area contributed by atoms with Gasteiger partial charge in [-0.3, -0.25) is 9.59 Å². The number of amides is 2. The van der Waals surface area contributed by atoms with E-state index in [-0.39, 0.29) is 11.9 Å². The highest BCUT2D eigenvalue weighted by molar-refractivity contribution is 6.42. The highest BCUT2D eigenvalue weighted by Gasteiger charge is 2.22. The van der Waals surface area contributed by atoms with Crippen molar-refractivity contribution >= 4 is 40.7 Å². The van der Waals surface area contributed by atoms with Gasteiger partial charge in [-0.05, 0) is 30.7 Å². The van der Waals surface area contributed by atoms with Gasteiger partial charge in [-0.2, -0.15) is 0 Å². The molecule has 0 aromatic heterocycles. The Labute approximate surface area is 150 Å². The Hall–Kier alpha value is -2.30. The van der Waals surface area contributed by atoms with Gasteiger partial charge in [-0.1, -0.05) is 53.5 Å². The summed E-state index contributed by atoms with van der Waals surface area (Å²) in [5.74, 6) is -1.08. The van der Waals surface area contributed by atoms with Gasteiger partial charge in [0.15, 0.2) is 0 Å². The molecule has 0 aliphatic rings. The number of primary amides is 1. The van der Waals surface area contributed by atoms with Gasteiger partial charge in [-0.15, -0.1) is 0 Å². The Balaban J connectivity index is 2.46. The number of benzene rings is 2. The number of halogens is 2. The van der Waals surface area contributed by atoms with E-state index in [1.165, 1.54) is 4.90 Å². The summed E-state index contributed by atoms with van der Waals surface area (Å²) in [5.41, 5.74) is 6.58. The smallest absolute Gasteiger partial charge is 0.251 e. The highest BCUT2D eigenvalue weighted by atomic mass is 35.5. The van der Waals surface area contributed by atoms with E-state index in [2.05, 4.69) is 0 Å². The van der Waals surface area contributed by atoms with Gasteiger partial charge >= 0.3 is 0 Å². The van der Waals surface area contributed by atoms with Crippen molar-refractivity contribution in [2.24, 2.45) is 5.73 Å². The van der Waals surface area contributed by atoms with Crippen molar-refractivity contribution in [1.82, 2.24) is 0 Å². The van der Waals surface area contributed by atoms with Crippen molar-refractivity contribution in [2.75, 3.05) is 4.90 Å². The Morgan fingerprint density at radius 3 is 2.29 bits per heavy atom. The molecule has 1 atom stereocenters. The molecule has 2 aromatic carbocycles. The number of hydrogen-bond donors (Lipinski definition) is 1. The van der Waals surface area contributed by atoms with Crippen LogP contribution in [0.15, 0.2) is 60.7 Å². The molecule has 0 aliphatic heterocycles. The summed E-state index contributed by atoms with van der Waals surface area (Å²) < 4.78 is 0. The molecule has 2 aromatic rings. The zero-order valence-electron chi connectivity index (χ0n) is 12.9. The minimum absolute atomic E-state index is 0.284.